The maximum absolute atomic E-state index is 12.0. The van der Waals surface area contributed by atoms with Crippen molar-refractivity contribution >= 4 is 27.7 Å². The fourth-order valence-corrected chi connectivity index (χ4v) is 1.82. The summed E-state index contributed by atoms with van der Waals surface area (Å²) >= 11 is 3.25. The number of carbonyl (C=O) groups is 2. The third kappa shape index (κ3) is 2.29. The second-order valence-corrected chi connectivity index (χ2v) is 4.13. The van der Waals surface area contributed by atoms with Gasteiger partial charge in [-0.25, -0.2) is 4.79 Å². The number of hydrogen-bond donors (Lipinski definition) is 1. The van der Waals surface area contributed by atoms with Crippen molar-refractivity contribution in [1.29, 1.82) is 0 Å². The molecule has 0 saturated heterocycles. The maximum Gasteiger partial charge on any atom is 0.371 e. The van der Waals surface area contributed by atoms with E-state index in [1.807, 2.05) is 0 Å². The number of carboxylic acids is 1. The Morgan fingerprint density at radius 2 is 1.71 bits per heavy atom. The molecule has 0 atom stereocenters. The minimum absolute atomic E-state index is 0.00861. The molecule has 4 nitrogen and oxygen atoms in total. The van der Waals surface area contributed by atoms with Crippen LogP contribution in [0, 0.1) is 0 Å². The van der Waals surface area contributed by atoms with Crippen LogP contribution in [0.15, 0.2) is 45.3 Å². The van der Waals surface area contributed by atoms with Gasteiger partial charge in [0, 0.05) is 10.0 Å². The van der Waals surface area contributed by atoms with E-state index in [-0.39, 0.29) is 17.3 Å². The minimum atomic E-state index is -1.20. The molecule has 0 saturated carbocycles. The van der Waals surface area contributed by atoms with Crippen LogP contribution in [0.3, 0.4) is 0 Å². The number of furan rings is 1. The Morgan fingerprint density at radius 3 is 2.29 bits per heavy atom. The van der Waals surface area contributed by atoms with E-state index >= 15 is 0 Å². The second-order valence-electron chi connectivity index (χ2n) is 3.28. The van der Waals surface area contributed by atoms with E-state index in [0.717, 1.165) is 0 Å². The van der Waals surface area contributed by atoms with Gasteiger partial charge in [-0.2, -0.15) is 0 Å². The molecule has 0 spiro atoms. The molecule has 0 unspecified atom stereocenters. The van der Waals surface area contributed by atoms with Crippen LogP contribution in [0.4, 0.5) is 0 Å². The topological polar surface area (TPSA) is 67.5 Å². The predicted molar refractivity (Wildman–Crippen MR) is 63.2 cm³/mol. The normalized spacial score (nSPS) is 10.2. The van der Waals surface area contributed by atoms with Crippen LogP contribution in [0.2, 0.25) is 0 Å². The first-order chi connectivity index (χ1) is 8.09. The summed E-state index contributed by atoms with van der Waals surface area (Å²) in [6, 6.07) is 9.48. The number of hydrogen-bond acceptors (Lipinski definition) is 3. The van der Waals surface area contributed by atoms with Crippen LogP contribution in [-0.4, -0.2) is 16.9 Å². The van der Waals surface area contributed by atoms with Crippen molar-refractivity contribution in [1.82, 2.24) is 0 Å². The number of carbonyl (C=O) groups excluding carboxylic acids is 1. The summed E-state index contributed by atoms with van der Waals surface area (Å²) in [6.45, 7) is 0. The Kier molecular flexibility index (Phi) is 3.10. The average molecular weight is 295 g/mol. The molecule has 17 heavy (non-hydrogen) atoms. The zero-order valence-electron chi connectivity index (χ0n) is 8.51. The molecular formula is C12H7BrO4. The SMILES string of the molecule is O=C(O)c1ccc(C(=O)c2ccccc2Br)o1. The van der Waals surface area contributed by atoms with Gasteiger partial charge >= 0.3 is 5.97 Å². The monoisotopic (exact) mass is 294 g/mol. The summed E-state index contributed by atoms with van der Waals surface area (Å²) in [5.74, 6) is -1.80. The Morgan fingerprint density at radius 1 is 1.06 bits per heavy atom. The van der Waals surface area contributed by atoms with Gasteiger partial charge in [0.25, 0.3) is 0 Å². The summed E-state index contributed by atoms with van der Waals surface area (Å²) in [5.41, 5.74) is 0.429. The Bertz CT molecular complexity index is 586. The minimum Gasteiger partial charge on any atom is -0.475 e. The summed E-state index contributed by atoms with van der Waals surface area (Å²) in [5, 5.41) is 8.69. The number of carboxylic acid groups (broad SMARTS) is 1. The first kappa shape index (κ1) is 11.6. The zero-order chi connectivity index (χ0) is 12.4. The van der Waals surface area contributed by atoms with Crippen LogP contribution in [-0.2, 0) is 0 Å². The van der Waals surface area contributed by atoms with Crippen molar-refractivity contribution in [3.63, 3.8) is 0 Å². The Labute approximate surface area is 105 Å². The molecule has 1 aromatic heterocycles. The van der Waals surface area contributed by atoms with E-state index in [1.54, 1.807) is 24.3 Å². The van der Waals surface area contributed by atoms with E-state index in [0.29, 0.717) is 10.0 Å². The summed E-state index contributed by atoms with van der Waals surface area (Å²) in [7, 11) is 0. The van der Waals surface area contributed by atoms with Gasteiger partial charge < -0.3 is 9.52 Å². The molecular weight excluding hydrogens is 288 g/mol. The van der Waals surface area contributed by atoms with E-state index in [2.05, 4.69) is 15.9 Å². The van der Waals surface area contributed by atoms with E-state index in [9.17, 15) is 9.59 Å². The molecule has 1 N–H and O–H groups in total. The highest BCUT2D eigenvalue weighted by molar-refractivity contribution is 9.10. The molecule has 0 aliphatic heterocycles. The van der Waals surface area contributed by atoms with Gasteiger partial charge in [0.1, 0.15) is 0 Å². The third-order valence-corrected chi connectivity index (χ3v) is 2.85. The highest BCUT2D eigenvalue weighted by Crippen LogP contribution is 2.20. The molecule has 2 aromatic rings. The van der Waals surface area contributed by atoms with Crippen molar-refractivity contribution in [2.45, 2.75) is 0 Å². The maximum atomic E-state index is 12.0. The lowest BCUT2D eigenvalue weighted by Gasteiger charge is -2.00. The highest BCUT2D eigenvalue weighted by Gasteiger charge is 2.18. The van der Waals surface area contributed by atoms with Crippen molar-refractivity contribution in [3.05, 3.63) is 58.0 Å². The molecule has 0 radical (unpaired) electrons. The molecule has 0 aliphatic carbocycles. The van der Waals surface area contributed by atoms with Gasteiger partial charge in [0.2, 0.25) is 11.5 Å². The van der Waals surface area contributed by atoms with Crippen LogP contribution >= 0.6 is 15.9 Å². The van der Waals surface area contributed by atoms with Gasteiger partial charge in [0.15, 0.2) is 5.76 Å². The van der Waals surface area contributed by atoms with Gasteiger partial charge in [-0.1, -0.05) is 28.1 Å². The Balaban J connectivity index is 2.37. The number of rotatable bonds is 3. The standard InChI is InChI=1S/C12H7BrO4/c13-8-4-2-1-3-7(8)11(14)9-5-6-10(17-9)12(15)16/h1-6H,(H,15,16). The largest absolute Gasteiger partial charge is 0.475 e. The highest BCUT2D eigenvalue weighted by atomic mass is 79.9. The number of ketones is 1. The van der Waals surface area contributed by atoms with Crippen LogP contribution < -0.4 is 0 Å². The summed E-state index contributed by atoms with van der Waals surface area (Å²) in [6.07, 6.45) is 0. The summed E-state index contributed by atoms with van der Waals surface area (Å²) < 4.78 is 5.58. The third-order valence-electron chi connectivity index (χ3n) is 2.16. The smallest absolute Gasteiger partial charge is 0.371 e. The first-order valence-corrected chi connectivity index (χ1v) is 5.51. The second kappa shape index (κ2) is 4.55. The van der Waals surface area contributed by atoms with E-state index in [1.165, 1.54) is 12.1 Å². The van der Waals surface area contributed by atoms with Crippen molar-refractivity contribution in [3.8, 4) is 0 Å². The van der Waals surface area contributed by atoms with Crippen molar-refractivity contribution < 1.29 is 19.1 Å². The fourth-order valence-electron chi connectivity index (χ4n) is 1.35. The lowest BCUT2D eigenvalue weighted by Crippen LogP contribution is -2.01. The van der Waals surface area contributed by atoms with Gasteiger partial charge in [-0.05, 0) is 24.3 Å². The van der Waals surface area contributed by atoms with E-state index < -0.39 is 5.97 Å². The van der Waals surface area contributed by atoms with Crippen molar-refractivity contribution in [2.75, 3.05) is 0 Å². The van der Waals surface area contributed by atoms with Crippen LogP contribution in [0.5, 0.6) is 0 Å². The van der Waals surface area contributed by atoms with E-state index in [4.69, 9.17) is 9.52 Å². The predicted octanol–water partition coefficient (Wildman–Crippen LogP) is 2.97. The molecule has 0 aliphatic rings. The molecule has 0 bridgehead atoms. The van der Waals surface area contributed by atoms with Crippen LogP contribution in [0.25, 0.3) is 0 Å². The molecule has 5 heteroatoms. The zero-order valence-corrected chi connectivity index (χ0v) is 10.1. The quantitative estimate of drug-likeness (QED) is 0.884. The molecule has 1 aromatic carbocycles. The molecule has 2 rings (SSSR count). The number of benzene rings is 1. The van der Waals surface area contributed by atoms with Gasteiger partial charge in [-0.15, -0.1) is 0 Å². The molecule has 1 heterocycles. The van der Waals surface area contributed by atoms with Crippen molar-refractivity contribution in [2.24, 2.45) is 0 Å². The number of aromatic carboxylic acids is 1. The van der Waals surface area contributed by atoms with Gasteiger partial charge in [0.05, 0.1) is 0 Å². The molecule has 0 amide bonds. The molecule has 86 valence electrons. The van der Waals surface area contributed by atoms with Gasteiger partial charge in [-0.3, -0.25) is 4.79 Å². The van der Waals surface area contributed by atoms with Crippen LogP contribution in [0.1, 0.15) is 26.7 Å². The fraction of sp³-hybridized carbons (Fsp3) is 0. The lowest BCUT2D eigenvalue weighted by atomic mass is 10.1. The lowest BCUT2D eigenvalue weighted by molar-refractivity contribution is 0.0660. The average Bonchev–Trinajstić information content (AvgIpc) is 2.78. The number of halogens is 1. The molecule has 0 fully saturated rings. The Hall–Kier alpha value is -1.88. The first-order valence-electron chi connectivity index (χ1n) is 4.72. The summed E-state index contributed by atoms with van der Waals surface area (Å²) in [4.78, 5) is 22.6.